The highest BCUT2D eigenvalue weighted by molar-refractivity contribution is 6.08. The van der Waals surface area contributed by atoms with Crippen LogP contribution in [0.4, 0.5) is 0 Å². The Kier molecular flexibility index (Phi) is 4.90. The second kappa shape index (κ2) is 8.53. The van der Waals surface area contributed by atoms with Crippen LogP contribution in [0.1, 0.15) is 25.0 Å². The Morgan fingerprint density at radius 3 is 2.00 bits per heavy atom. The minimum atomic E-state index is -0.0255. The number of hydrogen-bond donors (Lipinski definition) is 0. The molecular formula is C38H28N2. The molecule has 40 heavy (non-hydrogen) atoms. The maximum atomic E-state index is 5.42. The number of fused-ring (bicyclic) bond motifs is 6. The number of nitrogens with zero attached hydrogens (tertiary/aromatic N) is 2. The van der Waals surface area contributed by atoms with E-state index < -0.39 is 0 Å². The molecule has 1 aliphatic rings. The summed E-state index contributed by atoms with van der Waals surface area (Å²) in [5.41, 5.74) is 13.2. The van der Waals surface area contributed by atoms with E-state index in [1.165, 1.54) is 44.2 Å². The van der Waals surface area contributed by atoms with Gasteiger partial charge in [0.05, 0.1) is 11.2 Å². The predicted octanol–water partition coefficient (Wildman–Crippen LogP) is 9.79. The maximum absolute atomic E-state index is 5.42. The van der Waals surface area contributed by atoms with Crippen molar-refractivity contribution in [3.05, 3.63) is 145 Å². The normalized spacial score (nSPS) is 13.4. The summed E-state index contributed by atoms with van der Waals surface area (Å²) in [4.78, 5) is 0. The Hall–Kier alpha value is -4.95. The third-order valence-corrected chi connectivity index (χ3v) is 8.61. The van der Waals surface area contributed by atoms with Gasteiger partial charge in [0.1, 0.15) is 5.69 Å². The summed E-state index contributed by atoms with van der Waals surface area (Å²) >= 11 is 0. The van der Waals surface area contributed by atoms with E-state index in [0.29, 0.717) is 0 Å². The molecule has 8 rings (SSSR count). The first-order chi connectivity index (χ1) is 19.6. The molecule has 0 fully saturated rings. The largest absolute Gasteiger partial charge is 0.231 e. The van der Waals surface area contributed by atoms with Crippen molar-refractivity contribution in [2.45, 2.75) is 19.3 Å². The van der Waals surface area contributed by atoms with Crippen molar-refractivity contribution in [1.29, 1.82) is 0 Å². The zero-order valence-corrected chi connectivity index (χ0v) is 22.6. The molecule has 2 aromatic heterocycles. The molecule has 1 aliphatic carbocycles. The van der Waals surface area contributed by atoms with Gasteiger partial charge in [0, 0.05) is 27.5 Å². The Morgan fingerprint density at radius 1 is 0.550 bits per heavy atom. The Bertz CT molecular complexity index is 2060. The lowest BCUT2D eigenvalue weighted by Gasteiger charge is -2.21. The fraction of sp³-hybridized carbons (Fsp3) is 0.0789. The molecule has 2 heterocycles. The molecule has 0 saturated carbocycles. The highest BCUT2D eigenvalue weighted by Gasteiger charge is 2.35. The average molecular weight is 513 g/mol. The number of pyridine rings is 1. The van der Waals surface area contributed by atoms with Crippen LogP contribution < -0.4 is 0 Å². The fourth-order valence-electron chi connectivity index (χ4n) is 6.65. The molecular weight excluding hydrogens is 484 g/mol. The van der Waals surface area contributed by atoms with Crippen LogP contribution in [0, 0.1) is 0 Å². The molecule has 2 heteroatoms. The van der Waals surface area contributed by atoms with Gasteiger partial charge >= 0.3 is 0 Å². The third kappa shape index (κ3) is 3.26. The highest BCUT2D eigenvalue weighted by atomic mass is 15.2. The summed E-state index contributed by atoms with van der Waals surface area (Å²) in [5, 5.41) is 7.83. The molecule has 0 saturated heterocycles. The first-order valence-corrected chi connectivity index (χ1v) is 13.9. The van der Waals surface area contributed by atoms with Crippen LogP contribution in [-0.4, -0.2) is 9.61 Å². The lowest BCUT2D eigenvalue weighted by atomic mass is 9.82. The number of aromatic nitrogens is 2. The van der Waals surface area contributed by atoms with Crippen molar-refractivity contribution in [2.75, 3.05) is 0 Å². The Labute approximate surface area is 234 Å². The quantitative estimate of drug-likeness (QED) is 0.230. The van der Waals surface area contributed by atoms with Gasteiger partial charge in [-0.1, -0.05) is 135 Å². The SMILES string of the molecule is CC1(C)c2ccccc2-c2cc(-c3nn4c(-c5ccccc5)cc5ccccc5c4c3-c3ccccc3)ccc21. The van der Waals surface area contributed by atoms with Crippen molar-refractivity contribution in [1.82, 2.24) is 9.61 Å². The van der Waals surface area contributed by atoms with Crippen LogP contribution >= 0.6 is 0 Å². The summed E-state index contributed by atoms with van der Waals surface area (Å²) in [5.74, 6) is 0. The molecule has 2 nitrogen and oxygen atoms in total. The smallest absolute Gasteiger partial charge is 0.101 e. The maximum Gasteiger partial charge on any atom is 0.101 e. The van der Waals surface area contributed by atoms with E-state index >= 15 is 0 Å². The molecule has 0 N–H and O–H groups in total. The molecule has 0 atom stereocenters. The first-order valence-electron chi connectivity index (χ1n) is 13.9. The van der Waals surface area contributed by atoms with Gasteiger partial charge in [-0.25, -0.2) is 4.52 Å². The van der Waals surface area contributed by atoms with Gasteiger partial charge < -0.3 is 0 Å². The van der Waals surface area contributed by atoms with Crippen LogP contribution in [-0.2, 0) is 5.41 Å². The van der Waals surface area contributed by atoms with Gasteiger partial charge in [-0.15, -0.1) is 0 Å². The lowest BCUT2D eigenvalue weighted by molar-refractivity contribution is 0.660. The van der Waals surface area contributed by atoms with Gasteiger partial charge in [-0.2, -0.15) is 5.10 Å². The molecule has 7 aromatic rings. The molecule has 190 valence electrons. The molecule has 0 bridgehead atoms. The lowest BCUT2D eigenvalue weighted by Crippen LogP contribution is -2.14. The fourth-order valence-corrected chi connectivity index (χ4v) is 6.65. The van der Waals surface area contributed by atoms with E-state index in [4.69, 9.17) is 5.10 Å². The van der Waals surface area contributed by atoms with E-state index in [2.05, 4.69) is 152 Å². The van der Waals surface area contributed by atoms with E-state index in [1.807, 2.05) is 0 Å². The van der Waals surface area contributed by atoms with Gasteiger partial charge in [0.2, 0.25) is 0 Å². The standard InChI is InChI=1S/C38H28N2/c1-38(2)32-20-12-11-19-30(32)31-23-28(21-22-33(31)38)36-35(26-15-7-4-8-16-26)37-29-18-10-9-17-27(29)24-34(40(37)39-36)25-13-5-3-6-14-25/h3-24H,1-2H3. The second-order valence-corrected chi connectivity index (χ2v) is 11.3. The van der Waals surface area contributed by atoms with Crippen LogP contribution in [0.25, 0.3) is 61.1 Å². The minimum Gasteiger partial charge on any atom is -0.231 e. The summed E-state index contributed by atoms with van der Waals surface area (Å²) in [6, 6.07) is 48.0. The highest BCUT2D eigenvalue weighted by Crippen LogP contribution is 2.50. The number of rotatable bonds is 3. The monoisotopic (exact) mass is 512 g/mol. The first kappa shape index (κ1) is 23.0. The molecule has 0 spiro atoms. The Balaban J connectivity index is 1.49. The molecule has 0 amide bonds. The van der Waals surface area contributed by atoms with Crippen molar-refractivity contribution in [3.8, 4) is 44.8 Å². The van der Waals surface area contributed by atoms with Gasteiger partial charge in [-0.3, -0.25) is 0 Å². The molecule has 0 unspecified atom stereocenters. The van der Waals surface area contributed by atoms with Gasteiger partial charge in [0.15, 0.2) is 0 Å². The van der Waals surface area contributed by atoms with Crippen LogP contribution in [0.15, 0.2) is 133 Å². The van der Waals surface area contributed by atoms with Crippen LogP contribution in [0.3, 0.4) is 0 Å². The van der Waals surface area contributed by atoms with Crippen molar-refractivity contribution in [2.24, 2.45) is 0 Å². The van der Waals surface area contributed by atoms with Crippen molar-refractivity contribution < 1.29 is 0 Å². The summed E-state index contributed by atoms with van der Waals surface area (Å²) in [6.07, 6.45) is 0. The van der Waals surface area contributed by atoms with Crippen molar-refractivity contribution >= 4 is 16.3 Å². The van der Waals surface area contributed by atoms with Gasteiger partial charge in [-0.05, 0) is 45.3 Å². The summed E-state index contributed by atoms with van der Waals surface area (Å²) < 4.78 is 2.17. The molecule has 0 radical (unpaired) electrons. The Morgan fingerprint density at radius 2 is 1.20 bits per heavy atom. The summed E-state index contributed by atoms with van der Waals surface area (Å²) in [7, 11) is 0. The molecule has 0 aliphatic heterocycles. The topological polar surface area (TPSA) is 17.3 Å². The zero-order valence-electron chi connectivity index (χ0n) is 22.6. The zero-order chi connectivity index (χ0) is 26.8. The minimum absolute atomic E-state index is 0.0255. The third-order valence-electron chi connectivity index (χ3n) is 8.61. The van der Waals surface area contributed by atoms with E-state index in [0.717, 1.165) is 28.0 Å². The van der Waals surface area contributed by atoms with Crippen LogP contribution in [0.5, 0.6) is 0 Å². The summed E-state index contributed by atoms with van der Waals surface area (Å²) in [6.45, 7) is 4.66. The number of hydrogen-bond acceptors (Lipinski definition) is 1. The van der Waals surface area contributed by atoms with Crippen molar-refractivity contribution in [3.63, 3.8) is 0 Å². The van der Waals surface area contributed by atoms with Crippen LogP contribution in [0.2, 0.25) is 0 Å². The van der Waals surface area contributed by atoms with E-state index in [1.54, 1.807) is 0 Å². The predicted molar refractivity (Wildman–Crippen MR) is 167 cm³/mol. The molecule has 5 aromatic carbocycles. The van der Waals surface area contributed by atoms with E-state index in [-0.39, 0.29) is 5.41 Å². The number of benzene rings is 5. The van der Waals surface area contributed by atoms with Gasteiger partial charge in [0.25, 0.3) is 0 Å². The van der Waals surface area contributed by atoms with E-state index in [9.17, 15) is 0 Å². The average Bonchev–Trinajstić information content (AvgIpc) is 3.52. The second-order valence-electron chi connectivity index (χ2n) is 11.3.